The van der Waals surface area contributed by atoms with Gasteiger partial charge in [-0.1, -0.05) is 66.5 Å². The highest BCUT2D eigenvalue weighted by Crippen LogP contribution is 2.29. The molecular weight excluding hydrogens is 428 g/mol. The summed E-state index contributed by atoms with van der Waals surface area (Å²) in [7, 11) is 0. The van der Waals surface area contributed by atoms with Gasteiger partial charge in [0.15, 0.2) is 0 Å². The number of amides is 2. The Labute approximate surface area is 207 Å². The van der Waals surface area contributed by atoms with Crippen molar-refractivity contribution >= 4 is 18.0 Å². The molecule has 0 spiro atoms. The molecule has 0 heterocycles. The van der Waals surface area contributed by atoms with Crippen LogP contribution in [0.3, 0.4) is 0 Å². The van der Waals surface area contributed by atoms with E-state index in [0.29, 0.717) is 19.1 Å². The summed E-state index contributed by atoms with van der Waals surface area (Å²) in [5, 5.41) is 16.5. The van der Waals surface area contributed by atoms with Crippen LogP contribution < -0.4 is 16.0 Å². The Balaban J connectivity index is 0.00000529. The Kier molecular flexibility index (Phi) is 15.7. The number of allylic oxidation sites excluding steroid dienone is 1. The molecule has 0 aromatic carbocycles. The summed E-state index contributed by atoms with van der Waals surface area (Å²) in [6.45, 7) is 16.6. The van der Waals surface area contributed by atoms with E-state index in [4.69, 9.17) is 10.1 Å². The highest BCUT2D eigenvalue weighted by atomic mass is 16.5. The molecule has 1 aliphatic carbocycles. The van der Waals surface area contributed by atoms with Gasteiger partial charge in [-0.2, -0.15) is 0 Å². The first-order valence-electron chi connectivity index (χ1n) is 12.6. The number of hydrogen-bond acceptors (Lipinski definition) is 5. The predicted octanol–water partition coefficient (Wildman–Crippen LogP) is 5.41. The van der Waals surface area contributed by atoms with Gasteiger partial charge in [-0.3, -0.25) is 9.59 Å². The maximum Gasteiger partial charge on any atom is 0.262 e. The normalized spacial score (nSPS) is 18.0. The molecule has 1 fully saturated rings. The van der Waals surface area contributed by atoms with Gasteiger partial charge >= 0.3 is 0 Å². The monoisotopic (exact) mass is 476 g/mol. The smallest absolute Gasteiger partial charge is 0.262 e. The van der Waals surface area contributed by atoms with Crippen LogP contribution in [0.5, 0.6) is 0 Å². The summed E-state index contributed by atoms with van der Waals surface area (Å²) in [6, 6.07) is 0. The molecule has 34 heavy (non-hydrogen) atoms. The third-order valence-electron chi connectivity index (χ3n) is 5.38. The molecular formula is C27H48N4O3. The van der Waals surface area contributed by atoms with Crippen LogP contribution >= 0.6 is 0 Å². The van der Waals surface area contributed by atoms with Crippen LogP contribution in [0, 0.1) is 22.7 Å². The van der Waals surface area contributed by atoms with Gasteiger partial charge in [0.05, 0.1) is 6.61 Å². The van der Waals surface area contributed by atoms with E-state index in [1.54, 1.807) is 12.4 Å². The molecule has 0 saturated heterocycles. The van der Waals surface area contributed by atoms with Crippen molar-refractivity contribution in [2.24, 2.45) is 17.3 Å². The van der Waals surface area contributed by atoms with Gasteiger partial charge < -0.3 is 26.1 Å². The quantitative estimate of drug-likeness (QED) is 0.172. The molecule has 7 heteroatoms. The van der Waals surface area contributed by atoms with Gasteiger partial charge in [0, 0.05) is 37.5 Å². The molecule has 0 bridgehead atoms. The topological polar surface area (TPSA) is 103 Å². The van der Waals surface area contributed by atoms with Gasteiger partial charge in [-0.05, 0) is 37.5 Å². The largest absolute Gasteiger partial charge is 0.478 e. The average molecular weight is 477 g/mol. The summed E-state index contributed by atoms with van der Waals surface area (Å²) in [6.07, 6.45) is 12.0. The minimum Gasteiger partial charge on any atom is -0.478 e. The van der Waals surface area contributed by atoms with Crippen molar-refractivity contribution in [3.63, 3.8) is 0 Å². The van der Waals surface area contributed by atoms with E-state index in [0.717, 1.165) is 31.9 Å². The molecule has 1 rings (SSSR count). The predicted molar refractivity (Wildman–Crippen MR) is 141 cm³/mol. The van der Waals surface area contributed by atoms with Crippen LogP contribution in [0.25, 0.3) is 0 Å². The molecule has 4 N–H and O–H groups in total. The summed E-state index contributed by atoms with van der Waals surface area (Å²) in [5.74, 6) is 0.731. The van der Waals surface area contributed by atoms with Crippen LogP contribution in [0.15, 0.2) is 35.5 Å². The van der Waals surface area contributed by atoms with E-state index in [1.807, 2.05) is 47.6 Å². The van der Waals surface area contributed by atoms with Crippen LogP contribution in [0.2, 0.25) is 0 Å². The molecule has 1 aliphatic rings. The van der Waals surface area contributed by atoms with Gasteiger partial charge in [0.1, 0.15) is 5.57 Å². The molecule has 7 nitrogen and oxygen atoms in total. The minimum atomic E-state index is -0.372. The molecule has 0 aromatic heterocycles. The Morgan fingerprint density at radius 3 is 2.47 bits per heavy atom. The SMILES string of the molecule is CC.CCC1CCC/C(=C\NC(=O)/C(C=N)=C(/N/C=C/C(C)(C)CNC(C)=O)OCC(C)C)C1. The third kappa shape index (κ3) is 13.2. The number of nitrogens with one attached hydrogen (secondary N) is 4. The lowest BCUT2D eigenvalue weighted by Gasteiger charge is -2.23. The number of carbonyl (C=O) groups is 2. The first kappa shape index (κ1) is 31.4. The zero-order chi connectivity index (χ0) is 26.1. The highest BCUT2D eigenvalue weighted by Gasteiger charge is 2.18. The fraction of sp³-hybridized carbons (Fsp3) is 0.667. The van der Waals surface area contributed by atoms with Gasteiger partial charge in [-0.25, -0.2) is 0 Å². The molecule has 0 radical (unpaired) electrons. The second-order valence-electron chi connectivity index (χ2n) is 9.61. The standard InChI is InChI=1S/C25H42N4O3.C2H6/c1-7-20-9-8-10-21(13-20)15-28-23(31)22(14-26)24(32-16-18(2)3)27-12-11-25(5,6)17-29-19(4)30;1-2/h11-12,14-15,18,20,26-27H,7-10,13,16-17H2,1-6H3,(H,28,31)(H,29,30);1-2H3/b12-11+,21-15+,24-22-,26-14?;. The van der Waals surface area contributed by atoms with Crippen LogP contribution in [-0.4, -0.2) is 31.2 Å². The van der Waals surface area contributed by atoms with Gasteiger partial charge in [0.25, 0.3) is 5.91 Å². The molecule has 0 aliphatic heterocycles. The lowest BCUT2D eigenvalue weighted by Crippen LogP contribution is -2.31. The Hall–Kier alpha value is -2.57. The molecule has 194 valence electrons. The van der Waals surface area contributed by atoms with Crippen molar-refractivity contribution in [2.45, 2.75) is 87.5 Å². The maximum absolute atomic E-state index is 12.8. The average Bonchev–Trinajstić information content (AvgIpc) is 2.81. The van der Waals surface area contributed by atoms with Crippen molar-refractivity contribution in [2.75, 3.05) is 13.2 Å². The van der Waals surface area contributed by atoms with Crippen molar-refractivity contribution < 1.29 is 14.3 Å². The third-order valence-corrected chi connectivity index (χ3v) is 5.38. The number of ether oxygens (including phenoxy) is 1. The number of rotatable bonds is 12. The summed E-state index contributed by atoms with van der Waals surface area (Å²) < 4.78 is 5.83. The second-order valence-corrected chi connectivity index (χ2v) is 9.61. The first-order valence-corrected chi connectivity index (χ1v) is 12.6. The molecule has 0 aromatic rings. The molecule has 1 saturated carbocycles. The van der Waals surface area contributed by atoms with Gasteiger partial charge in [-0.15, -0.1) is 0 Å². The van der Waals surface area contributed by atoms with E-state index < -0.39 is 0 Å². The maximum atomic E-state index is 12.8. The van der Waals surface area contributed by atoms with Crippen LogP contribution in [0.1, 0.15) is 87.5 Å². The molecule has 2 amide bonds. The Bertz CT molecular complexity index is 736. The van der Waals surface area contributed by atoms with Crippen molar-refractivity contribution in [1.29, 1.82) is 5.41 Å². The Morgan fingerprint density at radius 1 is 1.24 bits per heavy atom. The van der Waals surface area contributed by atoms with E-state index in [9.17, 15) is 9.59 Å². The highest BCUT2D eigenvalue weighted by molar-refractivity contribution is 6.12. The van der Waals surface area contributed by atoms with E-state index in [2.05, 4.69) is 22.9 Å². The zero-order valence-corrected chi connectivity index (χ0v) is 22.6. The van der Waals surface area contributed by atoms with E-state index in [-0.39, 0.29) is 34.6 Å². The fourth-order valence-electron chi connectivity index (χ4n) is 3.35. The van der Waals surface area contributed by atoms with Crippen molar-refractivity contribution in [3.05, 3.63) is 35.5 Å². The fourth-order valence-corrected chi connectivity index (χ4v) is 3.35. The van der Waals surface area contributed by atoms with Crippen LogP contribution in [0.4, 0.5) is 0 Å². The molecule has 1 atom stereocenters. The van der Waals surface area contributed by atoms with E-state index >= 15 is 0 Å². The zero-order valence-electron chi connectivity index (χ0n) is 22.6. The first-order chi connectivity index (χ1) is 16.1. The lowest BCUT2D eigenvalue weighted by molar-refractivity contribution is -0.119. The number of hydrogen-bond donors (Lipinski definition) is 4. The Morgan fingerprint density at radius 2 is 1.91 bits per heavy atom. The van der Waals surface area contributed by atoms with Crippen LogP contribution in [-0.2, 0) is 14.3 Å². The lowest BCUT2D eigenvalue weighted by atomic mass is 9.84. The van der Waals surface area contributed by atoms with Gasteiger partial charge in [0.2, 0.25) is 11.8 Å². The summed E-state index contributed by atoms with van der Waals surface area (Å²) >= 11 is 0. The number of carbonyl (C=O) groups excluding carboxylic acids is 2. The summed E-state index contributed by atoms with van der Waals surface area (Å²) in [4.78, 5) is 24.0. The summed E-state index contributed by atoms with van der Waals surface area (Å²) in [5.41, 5.74) is 1.09. The van der Waals surface area contributed by atoms with Crippen molar-refractivity contribution in [1.82, 2.24) is 16.0 Å². The second kappa shape index (κ2) is 17.0. The van der Waals surface area contributed by atoms with Crippen molar-refractivity contribution in [3.8, 4) is 0 Å². The van der Waals surface area contributed by atoms with E-state index in [1.165, 1.54) is 18.9 Å². The molecule has 1 unspecified atom stereocenters. The minimum absolute atomic E-state index is 0.0830.